The maximum absolute atomic E-state index is 12.2. The largest absolute Gasteiger partial charge is 0.383 e. The lowest BCUT2D eigenvalue weighted by atomic mass is 10.0. The molecule has 0 bridgehead atoms. The maximum atomic E-state index is 12.2. The number of nitrogens with zero attached hydrogens (tertiary/aromatic N) is 1. The van der Waals surface area contributed by atoms with E-state index in [1.807, 2.05) is 35.2 Å². The van der Waals surface area contributed by atoms with Crippen LogP contribution in [-0.4, -0.2) is 56.4 Å². The number of nitrogens with one attached hydrogen (secondary N) is 3. The zero-order valence-electron chi connectivity index (χ0n) is 14.1. The average molecular weight is 334 g/mol. The predicted octanol–water partition coefficient (Wildman–Crippen LogP) is 2.02. The van der Waals surface area contributed by atoms with E-state index in [0.29, 0.717) is 26.2 Å². The van der Waals surface area contributed by atoms with Crippen molar-refractivity contribution in [3.63, 3.8) is 0 Å². The second-order valence-corrected chi connectivity index (χ2v) is 5.77. The van der Waals surface area contributed by atoms with Gasteiger partial charge in [0.25, 0.3) is 0 Å². The number of para-hydroxylation sites is 1. The highest BCUT2D eigenvalue weighted by molar-refractivity contribution is 5.89. The molecule has 0 radical (unpaired) electrons. The summed E-state index contributed by atoms with van der Waals surface area (Å²) in [5.74, 6) is 0. The third kappa shape index (κ3) is 5.73. The molecule has 0 spiro atoms. The van der Waals surface area contributed by atoms with Crippen LogP contribution >= 0.6 is 0 Å². The number of anilines is 1. The van der Waals surface area contributed by atoms with Gasteiger partial charge in [-0.25, -0.2) is 9.59 Å². The predicted molar refractivity (Wildman–Crippen MR) is 93.1 cm³/mol. The van der Waals surface area contributed by atoms with Crippen LogP contribution in [-0.2, 0) is 4.74 Å². The van der Waals surface area contributed by atoms with Gasteiger partial charge >= 0.3 is 12.1 Å². The summed E-state index contributed by atoms with van der Waals surface area (Å²) in [5, 5.41) is 8.48. The van der Waals surface area contributed by atoms with Gasteiger partial charge in [-0.05, 0) is 31.4 Å². The van der Waals surface area contributed by atoms with E-state index in [1.54, 1.807) is 7.11 Å². The monoisotopic (exact) mass is 334 g/mol. The van der Waals surface area contributed by atoms with Crippen molar-refractivity contribution in [3.05, 3.63) is 30.3 Å². The normalized spacial score (nSPS) is 17.2. The maximum Gasteiger partial charge on any atom is 0.319 e. The van der Waals surface area contributed by atoms with Crippen LogP contribution in [0.5, 0.6) is 0 Å². The van der Waals surface area contributed by atoms with E-state index in [1.165, 1.54) is 0 Å². The van der Waals surface area contributed by atoms with Crippen LogP contribution in [0.4, 0.5) is 15.3 Å². The SMILES string of the molecule is COCCNC(=O)N1CCCC[C@@H]1CNC(=O)Nc1ccccc1. The molecular weight excluding hydrogens is 308 g/mol. The molecule has 0 saturated carbocycles. The van der Waals surface area contributed by atoms with Crippen molar-refractivity contribution < 1.29 is 14.3 Å². The van der Waals surface area contributed by atoms with Gasteiger partial charge in [0.1, 0.15) is 0 Å². The summed E-state index contributed by atoms with van der Waals surface area (Å²) in [4.78, 5) is 26.0. The molecule has 2 rings (SSSR count). The minimum absolute atomic E-state index is 0.0165. The summed E-state index contributed by atoms with van der Waals surface area (Å²) in [6.07, 6.45) is 2.95. The summed E-state index contributed by atoms with van der Waals surface area (Å²) < 4.78 is 4.94. The van der Waals surface area contributed by atoms with Gasteiger partial charge in [-0.3, -0.25) is 0 Å². The topological polar surface area (TPSA) is 82.7 Å². The molecule has 132 valence electrons. The summed E-state index contributed by atoms with van der Waals surface area (Å²) in [7, 11) is 1.60. The molecule has 1 heterocycles. The molecule has 1 aliphatic rings. The zero-order chi connectivity index (χ0) is 17.2. The lowest BCUT2D eigenvalue weighted by Gasteiger charge is -2.35. The molecule has 0 aromatic heterocycles. The zero-order valence-corrected chi connectivity index (χ0v) is 14.1. The van der Waals surface area contributed by atoms with Crippen LogP contribution in [0.15, 0.2) is 30.3 Å². The van der Waals surface area contributed by atoms with E-state index in [-0.39, 0.29) is 18.1 Å². The highest BCUT2D eigenvalue weighted by Gasteiger charge is 2.26. The highest BCUT2D eigenvalue weighted by atomic mass is 16.5. The molecule has 1 saturated heterocycles. The fourth-order valence-corrected chi connectivity index (χ4v) is 2.75. The van der Waals surface area contributed by atoms with E-state index in [0.717, 1.165) is 24.9 Å². The smallest absolute Gasteiger partial charge is 0.319 e. The Morgan fingerprint density at radius 3 is 2.75 bits per heavy atom. The van der Waals surface area contributed by atoms with Crippen molar-refractivity contribution in [2.45, 2.75) is 25.3 Å². The first-order chi connectivity index (χ1) is 11.7. The number of ether oxygens (including phenoxy) is 1. The van der Waals surface area contributed by atoms with Gasteiger partial charge in [0.15, 0.2) is 0 Å². The van der Waals surface area contributed by atoms with E-state index < -0.39 is 0 Å². The van der Waals surface area contributed by atoms with Crippen molar-refractivity contribution in [3.8, 4) is 0 Å². The molecule has 1 aliphatic heterocycles. The highest BCUT2D eigenvalue weighted by Crippen LogP contribution is 2.16. The van der Waals surface area contributed by atoms with Crippen LogP contribution in [0.2, 0.25) is 0 Å². The number of amides is 4. The molecule has 1 atom stereocenters. The van der Waals surface area contributed by atoms with Crippen LogP contribution in [0, 0.1) is 0 Å². The Morgan fingerprint density at radius 1 is 1.21 bits per heavy atom. The fourth-order valence-electron chi connectivity index (χ4n) is 2.75. The first kappa shape index (κ1) is 18.1. The fraction of sp³-hybridized carbons (Fsp3) is 0.529. The number of piperidine rings is 1. The number of methoxy groups -OCH3 is 1. The van der Waals surface area contributed by atoms with Crippen LogP contribution in [0.25, 0.3) is 0 Å². The number of carbonyl (C=O) groups excluding carboxylic acids is 2. The lowest BCUT2D eigenvalue weighted by Crippen LogP contribution is -2.53. The third-order valence-corrected chi connectivity index (χ3v) is 4.00. The minimum atomic E-state index is -0.258. The minimum Gasteiger partial charge on any atom is -0.383 e. The van der Waals surface area contributed by atoms with Gasteiger partial charge in [0.05, 0.1) is 12.6 Å². The Labute approximate surface area is 142 Å². The van der Waals surface area contributed by atoms with Gasteiger partial charge in [0, 0.05) is 32.4 Å². The molecule has 0 aliphatic carbocycles. The van der Waals surface area contributed by atoms with Crippen molar-refractivity contribution in [1.29, 1.82) is 0 Å². The number of hydrogen-bond donors (Lipinski definition) is 3. The number of rotatable bonds is 6. The molecule has 7 heteroatoms. The molecule has 1 aromatic rings. The summed E-state index contributed by atoms with van der Waals surface area (Å²) in [5.41, 5.74) is 0.743. The Kier molecular flexibility index (Phi) is 7.35. The molecule has 3 N–H and O–H groups in total. The molecular formula is C17H26N4O3. The van der Waals surface area contributed by atoms with E-state index in [9.17, 15) is 9.59 Å². The summed E-state index contributed by atoms with van der Waals surface area (Å²) >= 11 is 0. The van der Waals surface area contributed by atoms with E-state index in [4.69, 9.17) is 4.74 Å². The second-order valence-electron chi connectivity index (χ2n) is 5.77. The number of carbonyl (C=O) groups is 2. The quantitative estimate of drug-likeness (QED) is 0.696. The summed E-state index contributed by atoms with van der Waals surface area (Å²) in [6, 6.07) is 8.94. The van der Waals surface area contributed by atoms with Crippen molar-refractivity contribution in [2.75, 3.05) is 38.7 Å². The molecule has 0 unspecified atom stereocenters. The second kappa shape index (κ2) is 9.77. The molecule has 24 heavy (non-hydrogen) atoms. The molecule has 1 fully saturated rings. The van der Waals surface area contributed by atoms with Crippen molar-refractivity contribution in [2.24, 2.45) is 0 Å². The van der Waals surface area contributed by atoms with E-state index in [2.05, 4.69) is 16.0 Å². The molecule has 4 amide bonds. The Balaban J connectivity index is 1.80. The lowest BCUT2D eigenvalue weighted by molar-refractivity contribution is 0.144. The average Bonchev–Trinajstić information content (AvgIpc) is 2.61. The van der Waals surface area contributed by atoms with Crippen LogP contribution in [0.1, 0.15) is 19.3 Å². The first-order valence-corrected chi connectivity index (χ1v) is 8.34. The number of likely N-dealkylation sites (tertiary alicyclic amines) is 1. The van der Waals surface area contributed by atoms with Crippen molar-refractivity contribution in [1.82, 2.24) is 15.5 Å². The van der Waals surface area contributed by atoms with Gasteiger partial charge in [-0.2, -0.15) is 0 Å². The van der Waals surface area contributed by atoms with Gasteiger partial charge < -0.3 is 25.6 Å². The molecule has 1 aromatic carbocycles. The Hall–Kier alpha value is -2.28. The molecule has 7 nitrogen and oxygen atoms in total. The summed E-state index contributed by atoms with van der Waals surface area (Å²) in [6.45, 7) is 2.13. The van der Waals surface area contributed by atoms with Gasteiger partial charge in [0.2, 0.25) is 0 Å². The van der Waals surface area contributed by atoms with Crippen LogP contribution < -0.4 is 16.0 Å². The first-order valence-electron chi connectivity index (χ1n) is 8.34. The standard InChI is InChI=1S/C17H26N4O3/c1-24-12-10-18-17(23)21-11-6-5-9-15(21)13-19-16(22)20-14-7-3-2-4-8-14/h2-4,7-8,15H,5-6,9-13H2,1H3,(H,18,23)(H2,19,20,22)/t15-/m1/s1. The Bertz CT molecular complexity index is 524. The van der Waals surface area contributed by atoms with Crippen LogP contribution in [0.3, 0.4) is 0 Å². The van der Waals surface area contributed by atoms with Gasteiger partial charge in [-0.1, -0.05) is 18.2 Å². The van der Waals surface area contributed by atoms with Crippen molar-refractivity contribution >= 4 is 17.7 Å². The van der Waals surface area contributed by atoms with Gasteiger partial charge in [-0.15, -0.1) is 0 Å². The van der Waals surface area contributed by atoms with E-state index >= 15 is 0 Å². The Morgan fingerprint density at radius 2 is 2.00 bits per heavy atom. The number of benzene rings is 1. The third-order valence-electron chi connectivity index (χ3n) is 4.00. The number of hydrogen-bond acceptors (Lipinski definition) is 3. The number of urea groups is 2.